The SMILES string of the molecule is CC1CN(C2CCCCCCCCCCC2)CC(C)O1.F[B-](F)(F)F. The number of halogens is 4. The number of hydrogen-bond acceptors (Lipinski definition) is 2. The maximum absolute atomic E-state index is 9.75. The maximum atomic E-state index is 9.75. The number of rotatable bonds is 1. The van der Waals surface area contributed by atoms with Crippen LogP contribution in [-0.2, 0) is 4.74 Å². The smallest absolute Gasteiger partial charge is 0.418 e. The minimum absolute atomic E-state index is 0.417. The van der Waals surface area contributed by atoms with Crippen molar-refractivity contribution in [2.24, 2.45) is 0 Å². The fourth-order valence-electron chi connectivity index (χ4n) is 4.02. The predicted octanol–water partition coefficient (Wildman–Crippen LogP) is 6.07. The minimum atomic E-state index is -6.00. The highest BCUT2D eigenvalue weighted by molar-refractivity contribution is 6.50. The number of hydrogen-bond donors (Lipinski definition) is 0. The molecular formula is C18H35BF4NO-. The van der Waals surface area contributed by atoms with Crippen molar-refractivity contribution in [1.82, 2.24) is 4.90 Å². The Bertz CT molecular complexity index is 316. The van der Waals surface area contributed by atoms with Crippen molar-refractivity contribution in [3.63, 3.8) is 0 Å². The van der Waals surface area contributed by atoms with E-state index in [1.165, 1.54) is 70.6 Å². The Morgan fingerprint density at radius 3 is 1.36 bits per heavy atom. The van der Waals surface area contributed by atoms with Crippen molar-refractivity contribution in [1.29, 1.82) is 0 Å². The van der Waals surface area contributed by atoms with Crippen LogP contribution in [0, 0.1) is 0 Å². The zero-order valence-corrected chi connectivity index (χ0v) is 15.9. The van der Waals surface area contributed by atoms with Crippen LogP contribution in [0.1, 0.15) is 84.5 Å². The summed E-state index contributed by atoms with van der Waals surface area (Å²) in [6.07, 6.45) is 16.8. The minimum Gasteiger partial charge on any atom is -0.418 e. The first-order valence-corrected chi connectivity index (χ1v) is 10.0. The molecule has 1 saturated heterocycles. The average molecular weight is 368 g/mol. The fraction of sp³-hybridized carbons (Fsp3) is 1.00. The van der Waals surface area contributed by atoms with Crippen LogP contribution < -0.4 is 0 Å². The summed E-state index contributed by atoms with van der Waals surface area (Å²) >= 11 is 0. The summed E-state index contributed by atoms with van der Waals surface area (Å²) in [5, 5.41) is 0. The van der Waals surface area contributed by atoms with Gasteiger partial charge in [0, 0.05) is 19.1 Å². The zero-order valence-electron chi connectivity index (χ0n) is 15.9. The van der Waals surface area contributed by atoms with Crippen molar-refractivity contribution in [3.8, 4) is 0 Å². The van der Waals surface area contributed by atoms with E-state index in [4.69, 9.17) is 4.74 Å². The first kappa shape index (κ1) is 22.7. The average Bonchev–Trinajstić information content (AvgIpc) is 2.45. The molecule has 1 aliphatic carbocycles. The quantitative estimate of drug-likeness (QED) is 0.411. The molecular weight excluding hydrogens is 333 g/mol. The second kappa shape index (κ2) is 12.2. The van der Waals surface area contributed by atoms with Crippen LogP contribution in [-0.4, -0.2) is 43.5 Å². The summed E-state index contributed by atoms with van der Waals surface area (Å²) in [6, 6.07) is 0.822. The van der Waals surface area contributed by atoms with E-state index in [1.54, 1.807) is 0 Å². The Morgan fingerprint density at radius 1 is 0.680 bits per heavy atom. The van der Waals surface area contributed by atoms with Crippen LogP contribution in [0.15, 0.2) is 0 Å². The molecule has 2 aliphatic rings. The van der Waals surface area contributed by atoms with E-state index in [-0.39, 0.29) is 0 Å². The van der Waals surface area contributed by atoms with E-state index < -0.39 is 7.25 Å². The number of nitrogens with zero attached hydrogens (tertiary/aromatic N) is 1. The van der Waals surface area contributed by atoms with E-state index in [1.807, 2.05) is 0 Å². The summed E-state index contributed by atoms with van der Waals surface area (Å²) in [5.74, 6) is 0. The summed E-state index contributed by atoms with van der Waals surface area (Å²) in [7, 11) is -6.00. The lowest BCUT2D eigenvalue weighted by molar-refractivity contribution is -0.0825. The summed E-state index contributed by atoms with van der Waals surface area (Å²) in [6.45, 7) is 6.76. The zero-order chi connectivity index (χ0) is 18.7. The second-order valence-electron chi connectivity index (χ2n) is 7.62. The first-order valence-electron chi connectivity index (χ1n) is 10.0. The van der Waals surface area contributed by atoms with Gasteiger partial charge in [-0.15, -0.1) is 0 Å². The van der Waals surface area contributed by atoms with E-state index in [9.17, 15) is 17.3 Å². The van der Waals surface area contributed by atoms with Gasteiger partial charge in [-0.3, -0.25) is 4.90 Å². The van der Waals surface area contributed by atoms with Gasteiger partial charge in [0.15, 0.2) is 0 Å². The molecule has 0 amide bonds. The molecule has 150 valence electrons. The van der Waals surface area contributed by atoms with Crippen LogP contribution in [0.2, 0.25) is 0 Å². The third-order valence-electron chi connectivity index (χ3n) is 5.04. The summed E-state index contributed by atoms with van der Waals surface area (Å²) in [4.78, 5) is 2.74. The molecule has 0 aromatic heterocycles. The topological polar surface area (TPSA) is 12.5 Å². The Morgan fingerprint density at radius 2 is 1.00 bits per heavy atom. The number of ether oxygens (including phenoxy) is 1. The van der Waals surface area contributed by atoms with Crippen molar-refractivity contribution in [2.75, 3.05) is 13.1 Å². The van der Waals surface area contributed by atoms with Crippen molar-refractivity contribution in [2.45, 2.75) is 103 Å². The standard InChI is InChI=1S/C18H35NO.BF4/c1-16-14-19(15-17(2)20-16)18-12-10-8-6-4-3-5-7-9-11-13-18;2-1(3,4)5/h16-18H,3-15H2,1-2H3;/q;-1. The van der Waals surface area contributed by atoms with E-state index >= 15 is 0 Å². The fourth-order valence-corrected chi connectivity index (χ4v) is 4.02. The van der Waals surface area contributed by atoms with Gasteiger partial charge in [0.25, 0.3) is 0 Å². The second-order valence-corrected chi connectivity index (χ2v) is 7.62. The molecule has 2 unspecified atom stereocenters. The number of morpholine rings is 1. The molecule has 0 radical (unpaired) electrons. The molecule has 1 aliphatic heterocycles. The third-order valence-corrected chi connectivity index (χ3v) is 5.04. The predicted molar refractivity (Wildman–Crippen MR) is 96.3 cm³/mol. The summed E-state index contributed by atoms with van der Waals surface area (Å²) in [5.41, 5.74) is 0. The van der Waals surface area contributed by atoms with Crippen molar-refractivity contribution in [3.05, 3.63) is 0 Å². The molecule has 0 N–H and O–H groups in total. The monoisotopic (exact) mass is 368 g/mol. The van der Waals surface area contributed by atoms with E-state index in [2.05, 4.69) is 18.7 Å². The van der Waals surface area contributed by atoms with Crippen LogP contribution in [0.5, 0.6) is 0 Å². The molecule has 2 nitrogen and oxygen atoms in total. The highest BCUT2D eigenvalue weighted by Crippen LogP contribution is 2.23. The van der Waals surface area contributed by atoms with E-state index in [0.717, 1.165) is 19.1 Å². The van der Waals surface area contributed by atoms with Crippen LogP contribution >= 0.6 is 0 Å². The van der Waals surface area contributed by atoms with Gasteiger partial charge >= 0.3 is 7.25 Å². The molecule has 0 aromatic carbocycles. The lowest BCUT2D eigenvalue weighted by Gasteiger charge is -2.40. The lowest BCUT2D eigenvalue weighted by atomic mass is 9.96. The molecule has 25 heavy (non-hydrogen) atoms. The van der Waals surface area contributed by atoms with Gasteiger partial charge in [0.1, 0.15) is 0 Å². The molecule has 2 atom stereocenters. The molecule has 2 rings (SSSR count). The lowest BCUT2D eigenvalue weighted by Crippen LogP contribution is -2.50. The Hall–Kier alpha value is -0.295. The molecule has 2 fully saturated rings. The Balaban J connectivity index is 0.000000550. The van der Waals surface area contributed by atoms with Crippen molar-refractivity contribution >= 4 is 7.25 Å². The largest absolute Gasteiger partial charge is 0.673 e. The third kappa shape index (κ3) is 12.7. The molecule has 1 heterocycles. The van der Waals surface area contributed by atoms with Gasteiger partial charge in [-0.1, -0.05) is 57.8 Å². The normalized spacial score (nSPS) is 29.0. The Labute approximate surface area is 150 Å². The molecule has 1 saturated carbocycles. The summed E-state index contributed by atoms with van der Waals surface area (Å²) < 4.78 is 44.9. The molecule has 7 heteroatoms. The Kier molecular flexibility index (Phi) is 11.1. The highest BCUT2D eigenvalue weighted by Gasteiger charge is 2.27. The van der Waals surface area contributed by atoms with Gasteiger partial charge in [0.05, 0.1) is 12.2 Å². The molecule has 0 bridgehead atoms. The van der Waals surface area contributed by atoms with Crippen molar-refractivity contribution < 1.29 is 22.0 Å². The molecule has 0 spiro atoms. The van der Waals surface area contributed by atoms with Crippen LogP contribution in [0.4, 0.5) is 17.3 Å². The highest BCUT2D eigenvalue weighted by atomic mass is 19.5. The maximum Gasteiger partial charge on any atom is 0.673 e. The van der Waals surface area contributed by atoms with Crippen LogP contribution in [0.3, 0.4) is 0 Å². The van der Waals surface area contributed by atoms with Gasteiger partial charge < -0.3 is 22.0 Å². The molecule has 0 aromatic rings. The van der Waals surface area contributed by atoms with Gasteiger partial charge in [-0.05, 0) is 26.7 Å². The van der Waals surface area contributed by atoms with Gasteiger partial charge in [0.2, 0.25) is 0 Å². The van der Waals surface area contributed by atoms with Gasteiger partial charge in [-0.2, -0.15) is 0 Å². The first-order chi connectivity index (χ1) is 11.8. The van der Waals surface area contributed by atoms with E-state index in [0.29, 0.717) is 12.2 Å². The van der Waals surface area contributed by atoms with Crippen LogP contribution in [0.25, 0.3) is 0 Å². The van der Waals surface area contributed by atoms with Gasteiger partial charge in [-0.25, -0.2) is 0 Å².